The molecule has 0 radical (unpaired) electrons. The first-order chi connectivity index (χ1) is 16.1. The quantitative estimate of drug-likeness (QED) is 0.540. The molecular formula is C26H29N3O4. The fraction of sp³-hybridized carbons (Fsp3) is 0.346. The molecule has 0 unspecified atom stereocenters. The summed E-state index contributed by atoms with van der Waals surface area (Å²) < 4.78 is 11.4. The van der Waals surface area contributed by atoms with Gasteiger partial charge in [-0.15, -0.1) is 0 Å². The van der Waals surface area contributed by atoms with E-state index in [0.717, 1.165) is 31.2 Å². The smallest absolute Gasteiger partial charge is 0.349 e. The number of H-pyrrole nitrogens is 1. The van der Waals surface area contributed by atoms with Gasteiger partial charge < -0.3 is 14.8 Å². The van der Waals surface area contributed by atoms with Gasteiger partial charge in [0.25, 0.3) is 11.8 Å². The Morgan fingerprint density at radius 3 is 2.33 bits per heavy atom. The molecular weight excluding hydrogens is 418 g/mol. The number of carbonyl (C=O) groups is 1. The van der Waals surface area contributed by atoms with E-state index < -0.39 is 5.69 Å². The summed E-state index contributed by atoms with van der Waals surface area (Å²) >= 11 is 0. The highest BCUT2D eigenvalue weighted by Crippen LogP contribution is 2.33. The number of aromatic nitrogens is 2. The van der Waals surface area contributed by atoms with Crippen LogP contribution in [0.4, 0.5) is 0 Å². The lowest BCUT2D eigenvalue weighted by molar-refractivity contribution is 0.0913. The maximum Gasteiger partial charge on any atom is 0.349 e. The van der Waals surface area contributed by atoms with Crippen LogP contribution < -0.4 is 20.5 Å². The third-order valence-electron chi connectivity index (χ3n) is 5.92. The van der Waals surface area contributed by atoms with Crippen molar-refractivity contribution in [1.82, 2.24) is 15.3 Å². The van der Waals surface area contributed by atoms with E-state index in [1.807, 2.05) is 36.4 Å². The van der Waals surface area contributed by atoms with E-state index in [2.05, 4.69) is 39.6 Å². The SMILES string of the molecule is CCOc1nc(=O)[nH]c(C(=O)N[C@H]2CC[C@@H](c3ccccc3)CC2)c1OCc1ccccc1. The Kier molecular flexibility index (Phi) is 7.40. The molecule has 1 amide bonds. The number of hydrogen-bond donors (Lipinski definition) is 2. The zero-order valence-corrected chi connectivity index (χ0v) is 18.8. The van der Waals surface area contributed by atoms with Crippen LogP contribution in [0.5, 0.6) is 11.6 Å². The molecule has 1 aliphatic rings. The van der Waals surface area contributed by atoms with Gasteiger partial charge in [0.15, 0.2) is 5.69 Å². The summed E-state index contributed by atoms with van der Waals surface area (Å²) in [7, 11) is 0. The molecule has 0 atom stereocenters. The Morgan fingerprint density at radius 1 is 1.00 bits per heavy atom. The molecule has 1 aliphatic carbocycles. The molecule has 0 saturated heterocycles. The lowest BCUT2D eigenvalue weighted by Gasteiger charge is -2.29. The van der Waals surface area contributed by atoms with E-state index in [9.17, 15) is 9.59 Å². The topological polar surface area (TPSA) is 93.3 Å². The predicted molar refractivity (Wildman–Crippen MR) is 126 cm³/mol. The van der Waals surface area contributed by atoms with E-state index in [1.54, 1.807) is 6.92 Å². The van der Waals surface area contributed by atoms with Gasteiger partial charge in [-0.25, -0.2) is 4.79 Å². The number of rotatable bonds is 8. The monoisotopic (exact) mass is 447 g/mol. The second kappa shape index (κ2) is 10.8. The average molecular weight is 448 g/mol. The third-order valence-corrected chi connectivity index (χ3v) is 5.92. The molecule has 172 valence electrons. The van der Waals surface area contributed by atoms with E-state index >= 15 is 0 Å². The minimum atomic E-state index is -0.650. The summed E-state index contributed by atoms with van der Waals surface area (Å²) in [6, 6.07) is 20.1. The molecule has 1 saturated carbocycles. The zero-order chi connectivity index (χ0) is 23.0. The Hall–Kier alpha value is -3.61. The molecule has 0 aliphatic heterocycles. The Labute approximate surface area is 193 Å². The first kappa shape index (κ1) is 22.6. The summed E-state index contributed by atoms with van der Waals surface area (Å²) in [5, 5.41) is 3.07. The minimum Gasteiger partial charge on any atom is -0.481 e. The van der Waals surface area contributed by atoms with Gasteiger partial charge in [-0.3, -0.25) is 9.78 Å². The molecule has 1 heterocycles. The molecule has 1 fully saturated rings. The van der Waals surface area contributed by atoms with Crippen LogP contribution in [-0.2, 0) is 6.61 Å². The van der Waals surface area contributed by atoms with Crippen LogP contribution in [0, 0.1) is 0 Å². The number of carbonyl (C=O) groups excluding carboxylic acids is 1. The van der Waals surface area contributed by atoms with Crippen LogP contribution in [0.2, 0.25) is 0 Å². The van der Waals surface area contributed by atoms with Crippen molar-refractivity contribution < 1.29 is 14.3 Å². The van der Waals surface area contributed by atoms with Crippen molar-refractivity contribution in [2.75, 3.05) is 6.61 Å². The number of hydrogen-bond acceptors (Lipinski definition) is 5. The second-order valence-corrected chi connectivity index (χ2v) is 8.19. The highest BCUT2D eigenvalue weighted by Gasteiger charge is 2.27. The van der Waals surface area contributed by atoms with E-state index in [-0.39, 0.29) is 35.9 Å². The summed E-state index contributed by atoms with van der Waals surface area (Å²) in [4.78, 5) is 31.7. The third kappa shape index (κ3) is 5.80. The fourth-order valence-electron chi connectivity index (χ4n) is 4.25. The van der Waals surface area contributed by atoms with Gasteiger partial charge in [0, 0.05) is 6.04 Å². The van der Waals surface area contributed by atoms with Crippen molar-refractivity contribution in [3.63, 3.8) is 0 Å². The highest BCUT2D eigenvalue weighted by molar-refractivity contribution is 5.95. The van der Waals surface area contributed by atoms with Gasteiger partial charge in [-0.05, 0) is 49.7 Å². The minimum absolute atomic E-state index is 0.0233. The van der Waals surface area contributed by atoms with Crippen molar-refractivity contribution in [3.05, 3.63) is 88.0 Å². The predicted octanol–water partition coefficient (Wildman–Crippen LogP) is 4.20. The number of ether oxygens (including phenoxy) is 2. The maximum atomic E-state index is 13.2. The standard InChI is InChI=1S/C26H29N3O4/c1-2-32-25-23(33-17-18-9-5-3-6-10-18)22(28-26(31)29-25)24(30)27-21-15-13-20(14-16-21)19-11-7-4-8-12-19/h3-12,20-21H,2,13-17H2,1H3,(H,27,30)(H,28,29,31)/t20-,21+. The lowest BCUT2D eigenvalue weighted by Crippen LogP contribution is -2.38. The summed E-state index contributed by atoms with van der Waals surface area (Å²) in [6.07, 6.45) is 3.76. The van der Waals surface area contributed by atoms with Crippen LogP contribution in [0.3, 0.4) is 0 Å². The molecule has 3 aromatic rings. The first-order valence-electron chi connectivity index (χ1n) is 11.4. The van der Waals surface area contributed by atoms with Crippen molar-refractivity contribution in [3.8, 4) is 11.6 Å². The van der Waals surface area contributed by atoms with Gasteiger partial charge in [0.1, 0.15) is 6.61 Å². The van der Waals surface area contributed by atoms with Crippen molar-refractivity contribution in [2.24, 2.45) is 0 Å². The molecule has 0 bridgehead atoms. The van der Waals surface area contributed by atoms with Gasteiger partial charge in [-0.2, -0.15) is 4.98 Å². The fourth-order valence-corrected chi connectivity index (χ4v) is 4.25. The number of nitrogens with one attached hydrogen (secondary N) is 2. The van der Waals surface area contributed by atoms with Gasteiger partial charge in [0.2, 0.25) is 5.75 Å². The van der Waals surface area contributed by atoms with Crippen molar-refractivity contribution in [2.45, 2.75) is 51.2 Å². The largest absolute Gasteiger partial charge is 0.481 e. The maximum absolute atomic E-state index is 13.2. The molecule has 0 spiro atoms. The number of amides is 1. The average Bonchev–Trinajstić information content (AvgIpc) is 2.85. The number of nitrogens with zero attached hydrogens (tertiary/aromatic N) is 1. The molecule has 33 heavy (non-hydrogen) atoms. The Morgan fingerprint density at radius 2 is 1.67 bits per heavy atom. The van der Waals surface area contributed by atoms with Crippen LogP contribution in [-0.4, -0.2) is 28.5 Å². The van der Waals surface area contributed by atoms with E-state index in [4.69, 9.17) is 9.47 Å². The summed E-state index contributed by atoms with van der Waals surface area (Å²) in [5.74, 6) is 0.293. The molecule has 7 nitrogen and oxygen atoms in total. The van der Waals surface area contributed by atoms with Gasteiger partial charge in [0.05, 0.1) is 6.61 Å². The lowest BCUT2D eigenvalue weighted by atomic mass is 9.82. The molecule has 1 aromatic heterocycles. The number of benzene rings is 2. The van der Waals surface area contributed by atoms with Crippen LogP contribution in [0.1, 0.15) is 60.1 Å². The van der Waals surface area contributed by atoms with Crippen LogP contribution in [0.25, 0.3) is 0 Å². The van der Waals surface area contributed by atoms with Crippen LogP contribution >= 0.6 is 0 Å². The highest BCUT2D eigenvalue weighted by atomic mass is 16.5. The normalized spacial score (nSPS) is 17.8. The van der Waals surface area contributed by atoms with Crippen molar-refractivity contribution >= 4 is 5.91 Å². The number of aromatic amines is 1. The van der Waals surface area contributed by atoms with E-state index in [0.29, 0.717) is 12.5 Å². The van der Waals surface area contributed by atoms with Crippen molar-refractivity contribution in [1.29, 1.82) is 0 Å². The zero-order valence-electron chi connectivity index (χ0n) is 18.8. The van der Waals surface area contributed by atoms with Gasteiger partial charge >= 0.3 is 5.69 Å². The molecule has 4 rings (SSSR count). The van der Waals surface area contributed by atoms with E-state index in [1.165, 1.54) is 5.56 Å². The molecule has 2 N–H and O–H groups in total. The second-order valence-electron chi connectivity index (χ2n) is 8.19. The summed E-state index contributed by atoms with van der Waals surface area (Å²) in [5.41, 5.74) is 1.67. The first-order valence-corrected chi connectivity index (χ1v) is 11.4. The molecule has 7 heteroatoms. The van der Waals surface area contributed by atoms with Crippen LogP contribution in [0.15, 0.2) is 65.5 Å². The Bertz CT molecular complexity index is 1110. The Balaban J connectivity index is 1.47. The molecule has 2 aromatic carbocycles. The summed E-state index contributed by atoms with van der Waals surface area (Å²) in [6.45, 7) is 2.30. The van der Waals surface area contributed by atoms with Gasteiger partial charge in [-0.1, -0.05) is 60.7 Å².